The van der Waals surface area contributed by atoms with Gasteiger partial charge in [-0.3, -0.25) is 14.4 Å². The van der Waals surface area contributed by atoms with Crippen LogP contribution in [0.15, 0.2) is 70.2 Å². The van der Waals surface area contributed by atoms with Gasteiger partial charge in [0.1, 0.15) is 5.75 Å². The Kier molecular flexibility index (Phi) is 10.2. The molecule has 0 aliphatic carbocycles. The number of aryl methyl sites for hydroxylation is 1. The molecule has 0 unspecified atom stereocenters. The van der Waals surface area contributed by atoms with E-state index in [1.54, 1.807) is 18.2 Å². The van der Waals surface area contributed by atoms with Crippen LogP contribution < -0.4 is 20.8 Å². The number of ether oxygens (including phenoxy) is 1. The van der Waals surface area contributed by atoms with Crippen molar-refractivity contribution in [1.29, 1.82) is 0 Å². The average molecular weight is 579 g/mol. The summed E-state index contributed by atoms with van der Waals surface area (Å²) in [5.41, 5.74) is 7.59. The minimum absolute atomic E-state index is 0.219. The minimum Gasteiger partial charge on any atom is -0.483 e. The number of nitrogens with zero attached hydrogens (tertiary/aromatic N) is 1. The number of halogens is 1. The number of nitrogens with one attached hydrogen (secondary N) is 3. The predicted octanol–water partition coefficient (Wildman–Crippen LogP) is 4.97. The van der Waals surface area contributed by atoms with Gasteiger partial charge in [0.25, 0.3) is 5.91 Å². The van der Waals surface area contributed by atoms with Gasteiger partial charge in [-0.2, -0.15) is 5.10 Å². The molecule has 8 nitrogen and oxygen atoms in total. The molecule has 38 heavy (non-hydrogen) atoms. The molecule has 3 amide bonds. The monoisotopic (exact) mass is 578 g/mol. The second kappa shape index (κ2) is 13.5. The summed E-state index contributed by atoms with van der Waals surface area (Å²) in [5.74, 6) is -1.21. The average Bonchev–Trinajstić information content (AvgIpc) is 2.89. The topological polar surface area (TPSA) is 109 Å². The minimum atomic E-state index is -0.898. The van der Waals surface area contributed by atoms with Gasteiger partial charge in [-0.1, -0.05) is 66.2 Å². The summed E-state index contributed by atoms with van der Waals surface area (Å²) in [6.07, 6.45) is 1.35. The molecule has 3 rings (SSSR count). The molecule has 0 saturated carbocycles. The van der Waals surface area contributed by atoms with Crippen LogP contribution in [0.5, 0.6) is 5.75 Å². The Balaban J connectivity index is 1.53. The Labute approximate surface area is 231 Å². The zero-order chi connectivity index (χ0) is 27.7. The van der Waals surface area contributed by atoms with Crippen molar-refractivity contribution in [3.63, 3.8) is 0 Å². The summed E-state index contributed by atoms with van der Waals surface area (Å²) in [6.45, 7) is 8.13. The molecule has 0 fully saturated rings. The normalized spacial score (nSPS) is 10.9. The molecule has 9 heteroatoms. The second-order valence-corrected chi connectivity index (χ2v) is 9.96. The summed E-state index contributed by atoms with van der Waals surface area (Å²) in [5, 5.41) is 9.30. The van der Waals surface area contributed by atoms with E-state index in [1.807, 2.05) is 56.3 Å². The molecule has 0 aliphatic heterocycles. The van der Waals surface area contributed by atoms with Crippen LogP contribution >= 0.6 is 15.9 Å². The summed E-state index contributed by atoms with van der Waals surface area (Å²) in [4.78, 5) is 36.7. The van der Waals surface area contributed by atoms with Gasteiger partial charge in [-0.05, 0) is 66.3 Å². The molecular weight excluding hydrogens is 548 g/mol. The van der Waals surface area contributed by atoms with E-state index in [4.69, 9.17) is 4.74 Å². The maximum atomic E-state index is 12.4. The molecular formula is C29H31BrN4O4. The highest BCUT2D eigenvalue weighted by molar-refractivity contribution is 9.10. The Hall–Kier alpha value is -3.98. The number of hydrogen-bond donors (Lipinski definition) is 3. The van der Waals surface area contributed by atoms with Gasteiger partial charge in [0.2, 0.25) is 0 Å². The number of benzene rings is 3. The molecule has 3 N–H and O–H groups in total. The first kappa shape index (κ1) is 28.6. The SMILES string of the molecule is Cc1cccc(NC(=O)COc2ccc(Br)cc2/C=N\NC(=O)C(=O)NCc2ccc(C(C)C)cc2)c1C. The summed E-state index contributed by atoms with van der Waals surface area (Å²) in [6, 6.07) is 18.7. The molecule has 3 aromatic carbocycles. The smallest absolute Gasteiger partial charge is 0.329 e. The largest absolute Gasteiger partial charge is 0.483 e. The van der Waals surface area contributed by atoms with Crippen LogP contribution in [0.3, 0.4) is 0 Å². The van der Waals surface area contributed by atoms with Crippen molar-refractivity contribution in [2.45, 2.75) is 40.2 Å². The highest BCUT2D eigenvalue weighted by Gasteiger charge is 2.13. The first-order valence-corrected chi connectivity index (χ1v) is 12.9. The van der Waals surface area contributed by atoms with Crippen molar-refractivity contribution < 1.29 is 19.1 Å². The van der Waals surface area contributed by atoms with E-state index in [0.717, 1.165) is 26.9 Å². The highest BCUT2D eigenvalue weighted by Crippen LogP contribution is 2.22. The van der Waals surface area contributed by atoms with Crippen molar-refractivity contribution >= 4 is 45.6 Å². The van der Waals surface area contributed by atoms with E-state index in [9.17, 15) is 14.4 Å². The van der Waals surface area contributed by atoms with E-state index in [1.165, 1.54) is 11.8 Å². The van der Waals surface area contributed by atoms with Crippen molar-refractivity contribution in [3.8, 4) is 5.75 Å². The molecule has 0 saturated heterocycles. The number of anilines is 1. The van der Waals surface area contributed by atoms with Crippen molar-refractivity contribution in [1.82, 2.24) is 10.7 Å². The van der Waals surface area contributed by atoms with Gasteiger partial charge in [0.15, 0.2) is 6.61 Å². The lowest BCUT2D eigenvalue weighted by Crippen LogP contribution is -2.37. The Morgan fingerprint density at radius 1 is 1.00 bits per heavy atom. The molecule has 198 valence electrons. The van der Waals surface area contributed by atoms with Gasteiger partial charge < -0.3 is 15.4 Å². The fraction of sp³-hybridized carbons (Fsp3) is 0.241. The van der Waals surface area contributed by atoms with E-state index in [-0.39, 0.29) is 19.1 Å². The fourth-order valence-corrected chi connectivity index (χ4v) is 3.84. The summed E-state index contributed by atoms with van der Waals surface area (Å²) in [7, 11) is 0. The predicted molar refractivity (Wildman–Crippen MR) is 152 cm³/mol. The zero-order valence-electron chi connectivity index (χ0n) is 21.8. The molecule has 0 spiro atoms. The quantitative estimate of drug-likeness (QED) is 0.189. The number of hydrazone groups is 1. The highest BCUT2D eigenvalue weighted by atomic mass is 79.9. The van der Waals surface area contributed by atoms with Crippen LogP contribution in [0.25, 0.3) is 0 Å². The van der Waals surface area contributed by atoms with Crippen LogP contribution in [-0.4, -0.2) is 30.5 Å². The van der Waals surface area contributed by atoms with Crippen LogP contribution in [0.4, 0.5) is 5.69 Å². The summed E-state index contributed by atoms with van der Waals surface area (Å²) >= 11 is 3.39. The Bertz CT molecular complexity index is 1340. The molecule has 0 bridgehead atoms. The van der Waals surface area contributed by atoms with Crippen LogP contribution in [0.2, 0.25) is 0 Å². The van der Waals surface area contributed by atoms with Crippen LogP contribution in [-0.2, 0) is 20.9 Å². The van der Waals surface area contributed by atoms with E-state index < -0.39 is 11.8 Å². The molecule has 0 aromatic heterocycles. The Morgan fingerprint density at radius 3 is 2.45 bits per heavy atom. The standard InChI is InChI=1S/C29H31BrN4O4/c1-18(2)22-10-8-21(9-11-22)15-31-28(36)29(37)34-32-16-23-14-24(30)12-13-26(23)38-17-27(35)33-25-7-5-6-19(3)20(25)4/h5-14,16,18H,15,17H2,1-4H3,(H,31,36)(H,33,35)(H,34,37)/b32-16-. The van der Waals surface area contributed by atoms with Crippen LogP contribution in [0.1, 0.15) is 47.6 Å². The van der Waals surface area contributed by atoms with Crippen molar-refractivity contribution in [2.75, 3.05) is 11.9 Å². The third kappa shape index (κ3) is 8.27. The van der Waals surface area contributed by atoms with E-state index in [2.05, 4.69) is 50.9 Å². The lowest BCUT2D eigenvalue weighted by Gasteiger charge is -2.12. The molecule has 0 aliphatic rings. The third-order valence-electron chi connectivity index (χ3n) is 5.88. The fourth-order valence-electron chi connectivity index (χ4n) is 3.46. The Morgan fingerprint density at radius 2 is 1.74 bits per heavy atom. The first-order valence-electron chi connectivity index (χ1n) is 12.1. The van der Waals surface area contributed by atoms with Crippen molar-refractivity contribution in [3.05, 3.63) is 93.0 Å². The molecule has 3 aromatic rings. The van der Waals surface area contributed by atoms with Gasteiger partial charge in [0.05, 0.1) is 6.21 Å². The van der Waals surface area contributed by atoms with Gasteiger partial charge in [0, 0.05) is 22.3 Å². The maximum Gasteiger partial charge on any atom is 0.329 e. The first-order chi connectivity index (χ1) is 18.1. The number of hydrogen-bond acceptors (Lipinski definition) is 5. The molecule has 0 heterocycles. The lowest BCUT2D eigenvalue weighted by atomic mass is 10.0. The van der Waals surface area contributed by atoms with Crippen LogP contribution in [0, 0.1) is 13.8 Å². The number of rotatable bonds is 9. The van der Waals surface area contributed by atoms with E-state index >= 15 is 0 Å². The second-order valence-electron chi connectivity index (χ2n) is 9.04. The van der Waals surface area contributed by atoms with Gasteiger partial charge >= 0.3 is 11.8 Å². The maximum absolute atomic E-state index is 12.4. The molecule has 0 radical (unpaired) electrons. The zero-order valence-corrected chi connectivity index (χ0v) is 23.4. The van der Waals surface area contributed by atoms with Crippen molar-refractivity contribution in [2.24, 2.45) is 5.10 Å². The van der Waals surface area contributed by atoms with Gasteiger partial charge in [-0.25, -0.2) is 5.43 Å². The third-order valence-corrected chi connectivity index (χ3v) is 6.38. The summed E-state index contributed by atoms with van der Waals surface area (Å²) < 4.78 is 6.44. The number of amides is 3. The van der Waals surface area contributed by atoms with Gasteiger partial charge in [-0.15, -0.1) is 0 Å². The number of carbonyl (C=O) groups excluding carboxylic acids is 3. The van der Waals surface area contributed by atoms with E-state index in [0.29, 0.717) is 17.2 Å². The lowest BCUT2D eigenvalue weighted by molar-refractivity contribution is -0.139. The number of carbonyl (C=O) groups is 3. The molecule has 0 atom stereocenters.